The summed E-state index contributed by atoms with van der Waals surface area (Å²) in [5.74, 6) is 0.837. The number of morpholine rings is 1. The molecule has 1 aliphatic rings. The van der Waals surface area contributed by atoms with Crippen molar-refractivity contribution in [1.29, 1.82) is 0 Å². The molecule has 2 aromatic carbocycles. The standard InChI is InChI=1S/C23H25N3O2S2/c1-17-2-4-18(5-3-17)15-29-23-25-20(16-30-23)14-22(27)24-19-6-8-21(9-7-19)26-10-12-28-13-11-26/h2-9,16H,10-15H2,1H3,(H,24,27). The number of hydrogen-bond acceptors (Lipinski definition) is 6. The predicted molar refractivity (Wildman–Crippen MR) is 125 cm³/mol. The molecule has 7 heteroatoms. The van der Waals surface area contributed by atoms with Crippen LogP contribution >= 0.6 is 23.1 Å². The maximum atomic E-state index is 12.4. The van der Waals surface area contributed by atoms with E-state index in [-0.39, 0.29) is 12.3 Å². The Morgan fingerprint density at radius 3 is 2.60 bits per heavy atom. The minimum atomic E-state index is -0.0468. The zero-order valence-corrected chi connectivity index (χ0v) is 18.6. The van der Waals surface area contributed by atoms with Crippen molar-refractivity contribution in [3.8, 4) is 0 Å². The molecule has 1 aliphatic heterocycles. The smallest absolute Gasteiger partial charge is 0.230 e. The van der Waals surface area contributed by atoms with Crippen molar-refractivity contribution < 1.29 is 9.53 Å². The molecule has 0 radical (unpaired) electrons. The molecule has 0 spiro atoms. The highest BCUT2D eigenvalue weighted by Crippen LogP contribution is 2.27. The van der Waals surface area contributed by atoms with E-state index in [2.05, 4.69) is 46.4 Å². The quantitative estimate of drug-likeness (QED) is 0.538. The van der Waals surface area contributed by atoms with Gasteiger partial charge in [-0.05, 0) is 36.8 Å². The molecular weight excluding hydrogens is 414 g/mol. The molecule has 0 bridgehead atoms. The third-order valence-corrected chi connectivity index (χ3v) is 7.02. The number of nitrogens with one attached hydrogen (secondary N) is 1. The van der Waals surface area contributed by atoms with Crippen molar-refractivity contribution in [3.05, 3.63) is 70.7 Å². The summed E-state index contributed by atoms with van der Waals surface area (Å²) in [5, 5.41) is 4.94. The van der Waals surface area contributed by atoms with Crippen molar-refractivity contribution in [2.75, 3.05) is 36.5 Å². The Hall–Kier alpha value is -2.35. The fraction of sp³-hybridized carbons (Fsp3) is 0.304. The number of amides is 1. The first-order valence-electron chi connectivity index (χ1n) is 10.0. The van der Waals surface area contributed by atoms with Gasteiger partial charge in [-0.1, -0.05) is 41.6 Å². The number of thiazole rings is 1. The largest absolute Gasteiger partial charge is 0.378 e. The van der Waals surface area contributed by atoms with Crippen molar-refractivity contribution in [2.45, 2.75) is 23.4 Å². The number of aryl methyl sites for hydroxylation is 1. The molecule has 0 aliphatic carbocycles. The summed E-state index contributed by atoms with van der Waals surface area (Å²) in [6.07, 6.45) is 0.285. The lowest BCUT2D eigenvalue weighted by atomic mass is 10.2. The number of benzene rings is 2. The molecule has 1 fully saturated rings. The maximum Gasteiger partial charge on any atom is 0.230 e. The molecule has 30 heavy (non-hydrogen) atoms. The average molecular weight is 440 g/mol. The van der Waals surface area contributed by atoms with E-state index >= 15 is 0 Å². The Labute approximate surface area is 185 Å². The van der Waals surface area contributed by atoms with Crippen molar-refractivity contribution in [2.24, 2.45) is 0 Å². The van der Waals surface area contributed by atoms with Gasteiger partial charge in [-0.2, -0.15) is 0 Å². The van der Waals surface area contributed by atoms with Crippen LogP contribution in [0.2, 0.25) is 0 Å². The highest BCUT2D eigenvalue weighted by Gasteiger charge is 2.12. The lowest BCUT2D eigenvalue weighted by molar-refractivity contribution is -0.115. The van der Waals surface area contributed by atoms with Crippen LogP contribution in [0.15, 0.2) is 58.3 Å². The molecule has 1 saturated heterocycles. The molecule has 5 nitrogen and oxygen atoms in total. The number of rotatable bonds is 7. The van der Waals surface area contributed by atoms with Crippen LogP contribution in [-0.2, 0) is 21.7 Å². The first-order valence-corrected chi connectivity index (χ1v) is 11.9. The summed E-state index contributed by atoms with van der Waals surface area (Å²) < 4.78 is 6.39. The van der Waals surface area contributed by atoms with Gasteiger partial charge in [0.2, 0.25) is 5.91 Å². The fourth-order valence-corrected chi connectivity index (χ4v) is 5.01. The van der Waals surface area contributed by atoms with Crippen LogP contribution in [0.4, 0.5) is 11.4 Å². The molecule has 4 rings (SSSR count). The summed E-state index contributed by atoms with van der Waals surface area (Å²) in [6, 6.07) is 16.5. The van der Waals surface area contributed by atoms with Crippen LogP contribution in [0, 0.1) is 6.92 Å². The normalized spacial score (nSPS) is 14.0. The second-order valence-corrected chi connectivity index (χ2v) is 9.33. The van der Waals surface area contributed by atoms with Crippen LogP contribution in [0.5, 0.6) is 0 Å². The van der Waals surface area contributed by atoms with Crippen LogP contribution in [0.1, 0.15) is 16.8 Å². The van der Waals surface area contributed by atoms with E-state index in [0.29, 0.717) is 0 Å². The van der Waals surface area contributed by atoms with Gasteiger partial charge in [-0.15, -0.1) is 11.3 Å². The molecule has 3 aromatic rings. The summed E-state index contributed by atoms with van der Waals surface area (Å²) in [5.41, 5.74) is 5.32. The van der Waals surface area contributed by atoms with Gasteiger partial charge in [0, 0.05) is 35.6 Å². The van der Waals surface area contributed by atoms with E-state index in [4.69, 9.17) is 4.74 Å². The number of hydrogen-bond donors (Lipinski definition) is 1. The first-order chi connectivity index (χ1) is 14.7. The first kappa shape index (κ1) is 20.9. The Kier molecular flexibility index (Phi) is 7.04. The van der Waals surface area contributed by atoms with Gasteiger partial charge in [0.1, 0.15) is 4.34 Å². The maximum absolute atomic E-state index is 12.4. The van der Waals surface area contributed by atoms with E-state index in [0.717, 1.165) is 53.5 Å². The van der Waals surface area contributed by atoms with Crippen LogP contribution in [0.3, 0.4) is 0 Å². The molecule has 1 N–H and O–H groups in total. The highest BCUT2D eigenvalue weighted by atomic mass is 32.2. The van der Waals surface area contributed by atoms with Crippen LogP contribution in [0.25, 0.3) is 0 Å². The number of carbonyl (C=O) groups is 1. The van der Waals surface area contributed by atoms with Crippen molar-refractivity contribution >= 4 is 40.4 Å². The zero-order valence-electron chi connectivity index (χ0n) is 17.0. The van der Waals surface area contributed by atoms with E-state index in [9.17, 15) is 4.79 Å². The average Bonchev–Trinajstić information content (AvgIpc) is 3.21. The van der Waals surface area contributed by atoms with Gasteiger partial charge in [0.15, 0.2) is 0 Å². The highest BCUT2D eigenvalue weighted by molar-refractivity contribution is 8.00. The molecule has 156 valence electrons. The SMILES string of the molecule is Cc1ccc(CSc2nc(CC(=O)Nc3ccc(N4CCOCC4)cc3)cs2)cc1. The predicted octanol–water partition coefficient (Wildman–Crippen LogP) is 4.76. The van der Waals surface area contributed by atoms with Gasteiger partial charge < -0.3 is 15.0 Å². The number of ether oxygens (including phenoxy) is 1. The summed E-state index contributed by atoms with van der Waals surface area (Å²) in [4.78, 5) is 19.3. The molecule has 1 amide bonds. The van der Waals surface area contributed by atoms with Crippen LogP contribution in [-0.4, -0.2) is 37.2 Å². The third-order valence-electron chi connectivity index (χ3n) is 4.88. The Balaban J connectivity index is 1.26. The number of aromatic nitrogens is 1. The van der Waals surface area contributed by atoms with Gasteiger partial charge in [-0.25, -0.2) is 4.98 Å². The zero-order chi connectivity index (χ0) is 20.8. The lowest BCUT2D eigenvalue weighted by Crippen LogP contribution is -2.36. The van der Waals surface area contributed by atoms with Gasteiger partial charge in [0.25, 0.3) is 0 Å². The number of nitrogens with zero attached hydrogens (tertiary/aromatic N) is 2. The second-order valence-electron chi connectivity index (χ2n) is 7.25. The number of carbonyl (C=O) groups excluding carboxylic acids is 1. The molecule has 2 heterocycles. The van der Waals surface area contributed by atoms with E-state index < -0.39 is 0 Å². The Morgan fingerprint density at radius 2 is 1.87 bits per heavy atom. The number of anilines is 2. The van der Waals surface area contributed by atoms with Gasteiger partial charge in [-0.3, -0.25) is 4.79 Å². The molecular formula is C23H25N3O2S2. The fourth-order valence-electron chi connectivity index (χ4n) is 3.21. The Bertz CT molecular complexity index is 965. The minimum Gasteiger partial charge on any atom is -0.378 e. The van der Waals surface area contributed by atoms with Crippen LogP contribution < -0.4 is 10.2 Å². The molecule has 0 atom stereocenters. The summed E-state index contributed by atoms with van der Waals surface area (Å²) in [6.45, 7) is 5.42. The minimum absolute atomic E-state index is 0.0468. The summed E-state index contributed by atoms with van der Waals surface area (Å²) in [7, 11) is 0. The molecule has 1 aromatic heterocycles. The van der Waals surface area contributed by atoms with Gasteiger partial charge >= 0.3 is 0 Å². The second kappa shape index (κ2) is 10.1. The molecule has 0 saturated carbocycles. The van der Waals surface area contributed by atoms with Crippen molar-refractivity contribution in [1.82, 2.24) is 4.98 Å². The summed E-state index contributed by atoms with van der Waals surface area (Å²) >= 11 is 3.30. The Morgan fingerprint density at radius 1 is 1.13 bits per heavy atom. The third kappa shape index (κ3) is 5.84. The van der Waals surface area contributed by atoms with E-state index in [1.165, 1.54) is 11.1 Å². The monoisotopic (exact) mass is 439 g/mol. The van der Waals surface area contributed by atoms with E-state index in [1.54, 1.807) is 23.1 Å². The van der Waals surface area contributed by atoms with Gasteiger partial charge in [0.05, 0.1) is 25.3 Å². The van der Waals surface area contributed by atoms with E-state index in [1.807, 2.05) is 29.6 Å². The number of thioether (sulfide) groups is 1. The topological polar surface area (TPSA) is 54.5 Å². The lowest BCUT2D eigenvalue weighted by Gasteiger charge is -2.28. The van der Waals surface area contributed by atoms with Crippen molar-refractivity contribution in [3.63, 3.8) is 0 Å². The molecule has 0 unspecified atom stereocenters.